The van der Waals surface area contributed by atoms with Gasteiger partial charge in [0, 0.05) is 0 Å². The maximum atomic E-state index is 11.5. The van der Waals surface area contributed by atoms with E-state index in [-0.39, 0.29) is 5.25 Å². The van der Waals surface area contributed by atoms with Gasteiger partial charge in [0.15, 0.2) is 5.16 Å². The van der Waals surface area contributed by atoms with Crippen LogP contribution >= 0.6 is 11.8 Å². The molecule has 2 aromatic rings. The topological polar surface area (TPSA) is 61.3 Å². The minimum Gasteiger partial charge on any atom is -0.481 e. The minimum atomic E-state index is -0.272. The molecule has 0 saturated carbocycles. The summed E-state index contributed by atoms with van der Waals surface area (Å²) in [5.74, 6) is 0.826. The number of carbonyl (C=O) groups excluding carboxylic acids is 1. The molecule has 1 aromatic carbocycles. The van der Waals surface area contributed by atoms with Crippen molar-refractivity contribution in [2.24, 2.45) is 0 Å². The number of nitrogens with zero attached hydrogens (tertiary/aromatic N) is 2. The number of aromatic nitrogens is 2. The highest BCUT2D eigenvalue weighted by atomic mass is 32.2. The highest BCUT2D eigenvalue weighted by Gasteiger charge is 2.16. The van der Waals surface area contributed by atoms with Gasteiger partial charge in [0.05, 0.1) is 25.5 Å². The lowest BCUT2D eigenvalue weighted by atomic mass is 9.99. The van der Waals surface area contributed by atoms with Gasteiger partial charge in [-0.3, -0.25) is 0 Å². The van der Waals surface area contributed by atoms with Gasteiger partial charge < -0.3 is 14.3 Å². The van der Waals surface area contributed by atoms with E-state index in [0.717, 1.165) is 6.29 Å². The largest absolute Gasteiger partial charge is 0.481 e. The number of rotatable bonds is 7. The Balaban J connectivity index is 2.21. The number of hydrogen-bond acceptors (Lipinski definition) is 6. The molecule has 0 N–H and O–H groups in total. The standard InChI is InChI=1S/C17H20N2O3S/c1-11-6-5-7-12(2)14(11)8-13(10-20)23-17-18-15(21-3)9-16(19-17)22-4/h5-7,9-10,13H,8H2,1-4H3. The van der Waals surface area contributed by atoms with Crippen LogP contribution in [-0.4, -0.2) is 35.7 Å². The molecule has 1 atom stereocenters. The molecule has 1 heterocycles. The number of ether oxygens (including phenoxy) is 2. The molecule has 23 heavy (non-hydrogen) atoms. The summed E-state index contributed by atoms with van der Waals surface area (Å²) in [6.45, 7) is 4.11. The zero-order valence-electron chi connectivity index (χ0n) is 13.7. The summed E-state index contributed by atoms with van der Waals surface area (Å²) in [6, 6.07) is 7.73. The summed E-state index contributed by atoms with van der Waals surface area (Å²) in [6.07, 6.45) is 1.57. The highest BCUT2D eigenvalue weighted by Crippen LogP contribution is 2.27. The molecule has 5 nitrogen and oxygen atoms in total. The third-order valence-electron chi connectivity index (χ3n) is 3.54. The second-order valence-corrected chi connectivity index (χ2v) is 6.31. The van der Waals surface area contributed by atoms with Crippen LogP contribution in [0.4, 0.5) is 0 Å². The Morgan fingerprint density at radius 2 is 1.70 bits per heavy atom. The van der Waals surface area contributed by atoms with Crippen LogP contribution in [-0.2, 0) is 11.2 Å². The normalized spacial score (nSPS) is 11.8. The molecule has 0 radical (unpaired) electrons. The van der Waals surface area contributed by atoms with E-state index in [1.165, 1.54) is 42.7 Å². The van der Waals surface area contributed by atoms with E-state index in [1.807, 2.05) is 6.07 Å². The summed E-state index contributed by atoms with van der Waals surface area (Å²) < 4.78 is 10.3. The summed E-state index contributed by atoms with van der Waals surface area (Å²) in [4.78, 5) is 20.0. The van der Waals surface area contributed by atoms with Crippen LogP contribution in [0.5, 0.6) is 11.8 Å². The van der Waals surface area contributed by atoms with Gasteiger partial charge in [-0.2, -0.15) is 9.97 Å². The maximum Gasteiger partial charge on any atom is 0.220 e. The molecule has 0 aliphatic heterocycles. The number of aldehydes is 1. The van der Waals surface area contributed by atoms with Gasteiger partial charge in [-0.1, -0.05) is 30.0 Å². The zero-order valence-corrected chi connectivity index (χ0v) is 14.5. The third-order valence-corrected chi connectivity index (χ3v) is 4.51. The van der Waals surface area contributed by atoms with E-state index >= 15 is 0 Å². The van der Waals surface area contributed by atoms with Crippen molar-refractivity contribution in [3.05, 3.63) is 41.0 Å². The number of benzene rings is 1. The van der Waals surface area contributed by atoms with Gasteiger partial charge in [-0.05, 0) is 37.0 Å². The molecule has 122 valence electrons. The van der Waals surface area contributed by atoms with Crippen molar-refractivity contribution in [2.75, 3.05) is 14.2 Å². The van der Waals surface area contributed by atoms with Gasteiger partial charge in [-0.15, -0.1) is 0 Å². The third kappa shape index (κ3) is 4.45. The van der Waals surface area contributed by atoms with Crippen molar-refractivity contribution < 1.29 is 14.3 Å². The van der Waals surface area contributed by atoms with Crippen molar-refractivity contribution in [3.63, 3.8) is 0 Å². The fraction of sp³-hybridized carbons (Fsp3) is 0.353. The monoisotopic (exact) mass is 332 g/mol. The molecule has 0 amide bonds. The van der Waals surface area contributed by atoms with E-state index in [0.29, 0.717) is 23.3 Å². The van der Waals surface area contributed by atoms with Crippen LogP contribution in [0.25, 0.3) is 0 Å². The summed E-state index contributed by atoms with van der Waals surface area (Å²) >= 11 is 1.31. The predicted molar refractivity (Wildman–Crippen MR) is 90.5 cm³/mol. The van der Waals surface area contributed by atoms with Crippen LogP contribution in [0.2, 0.25) is 0 Å². The molecule has 0 spiro atoms. The Hall–Kier alpha value is -2.08. The van der Waals surface area contributed by atoms with Gasteiger partial charge in [0.2, 0.25) is 11.8 Å². The van der Waals surface area contributed by atoms with Gasteiger partial charge >= 0.3 is 0 Å². The van der Waals surface area contributed by atoms with E-state index < -0.39 is 0 Å². The second-order valence-electron chi connectivity index (χ2n) is 5.10. The number of thioether (sulfide) groups is 1. The molecule has 0 bridgehead atoms. The van der Waals surface area contributed by atoms with E-state index in [2.05, 4.69) is 35.9 Å². The second kappa shape index (κ2) is 7.97. The van der Waals surface area contributed by atoms with E-state index in [4.69, 9.17) is 9.47 Å². The molecule has 2 rings (SSSR count). The SMILES string of the molecule is COc1cc(OC)nc(SC(C=O)Cc2c(C)cccc2C)n1. The maximum absolute atomic E-state index is 11.5. The predicted octanol–water partition coefficient (Wildman–Crippen LogP) is 3.01. The smallest absolute Gasteiger partial charge is 0.220 e. The molecule has 6 heteroatoms. The average molecular weight is 332 g/mol. The minimum absolute atomic E-state index is 0.272. The first kappa shape index (κ1) is 17.3. The molecular formula is C17H20N2O3S. The lowest BCUT2D eigenvalue weighted by molar-refractivity contribution is -0.107. The van der Waals surface area contributed by atoms with Crippen LogP contribution in [0.3, 0.4) is 0 Å². The van der Waals surface area contributed by atoms with Crippen molar-refractivity contribution in [1.82, 2.24) is 9.97 Å². The molecule has 0 aliphatic rings. The molecule has 1 aromatic heterocycles. The number of hydrogen-bond donors (Lipinski definition) is 0. The van der Waals surface area contributed by atoms with Crippen molar-refractivity contribution in [3.8, 4) is 11.8 Å². The van der Waals surface area contributed by atoms with Crippen molar-refractivity contribution in [1.29, 1.82) is 0 Å². The lowest BCUT2D eigenvalue weighted by Crippen LogP contribution is -2.12. The van der Waals surface area contributed by atoms with E-state index in [9.17, 15) is 4.79 Å². The fourth-order valence-electron chi connectivity index (χ4n) is 2.27. The summed E-state index contributed by atoms with van der Waals surface area (Å²) in [5, 5.41) is 0.191. The number of methoxy groups -OCH3 is 2. The van der Waals surface area contributed by atoms with Gasteiger partial charge in [0.25, 0.3) is 0 Å². The van der Waals surface area contributed by atoms with Crippen LogP contribution < -0.4 is 9.47 Å². The first-order valence-corrected chi connectivity index (χ1v) is 8.09. The summed E-state index contributed by atoms with van der Waals surface area (Å²) in [5.41, 5.74) is 3.55. The Labute approximate surface area is 140 Å². The Morgan fingerprint density at radius 1 is 1.13 bits per heavy atom. The van der Waals surface area contributed by atoms with Gasteiger partial charge in [-0.25, -0.2) is 0 Å². The Bertz CT molecular complexity index is 649. The van der Waals surface area contributed by atoms with Crippen LogP contribution in [0, 0.1) is 13.8 Å². The first-order valence-electron chi connectivity index (χ1n) is 7.21. The number of carbonyl (C=O) groups is 1. The van der Waals surface area contributed by atoms with E-state index in [1.54, 1.807) is 6.07 Å². The number of aryl methyl sites for hydroxylation is 2. The van der Waals surface area contributed by atoms with Crippen molar-refractivity contribution in [2.45, 2.75) is 30.7 Å². The summed E-state index contributed by atoms with van der Waals surface area (Å²) in [7, 11) is 3.06. The van der Waals surface area contributed by atoms with Crippen molar-refractivity contribution >= 4 is 18.0 Å². The Kier molecular flexibility index (Phi) is 5.98. The lowest BCUT2D eigenvalue weighted by Gasteiger charge is -2.14. The molecule has 1 unspecified atom stereocenters. The van der Waals surface area contributed by atoms with Gasteiger partial charge in [0.1, 0.15) is 6.29 Å². The highest BCUT2D eigenvalue weighted by molar-refractivity contribution is 8.00. The zero-order chi connectivity index (χ0) is 16.8. The van der Waals surface area contributed by atoms with Crippen LogP contribution in [0.1, 0.15) is 16.7 Å². The molecule has 0 aliphatic carbocycles. The Morgan fingerprint density at radius 3 is 2.17 bits per heavy atom. The fourth-order valence-corrected chi connectivity index (χ4v) is 3.13. The first-order chi connectivity index (χ1) is 11.1. The van der Waals surface area contributed by atoms with Crippen LogP contribution in [0.15, 0.2) is 29.4 Å². The molecule has 0 fully saturated rings. The molecule has 0 saturated heterocycles. The molecular weight excluding hydrogens is 312 g/mol. The average Bonchev–Trinajstić information content (AvgIpc) is 2.56. The quantitative estimate of drug-likeness (QED) is 0.441.